The fourth-order valence-electron chi connectivity index (χ4n) is 2.14. The van der Waals surface area contributed by atoms with E-state index < -0.39 is 0 Å². The summed E-state index contributed by atoms with van der Waals surface area (Å²) in [5.41, 5.74) is 8.01. The van der Waals surface area contributed by atoms with E-state index in [4.69, 9.17) is 5.73 Å². The van der Waals surface area contributed by atoms with Crippen LogP contribution >= 0.6 is 12.4 Å². The molecule has 0 spiro atoms. The Morgan fingerprint density at radius 3 is 2.14 bits per heavy atom. The van der Waals surface area contributed by atoms with Crippen LogP contribution in [-0.2, 0) is 11.2 Å². The molecule has 4 heteroatoms. The van der Waals surface area contributed by atoms with E-state index in [0.717, 1.165) is 6.42 Å². The third-order valence-corrected chi connectivity index (χ3v) is 4.41. The van der Waals surface area contributed by atoms with E-state index in [2.05, 4.69) is 57.3 Å². The molecule has 0 saturated carbocycles. The highest BCUT2D eigenvalue weighted by atomic mass is 35.5. The van der Waals surface area contributed by atoms with E-state index >= 15 is 0 Å². The lowest BCUT2D eigenvalue weighted by molar-refractivity contribution is -0.123. The van der Waals surface area contributed by atoms with Crippen LogP contribution in [0.1, 0.15) is 58.1 Å². The van der Waals surface area contributed by atoms with Gasteiger partial charge in [-0.25, -0.2) is 0 Å². The number of nitrogens with one attached hydrogen (secondary N) is 1. The van der Waals surface area contributed by atoms with Crippen LogP contribution in [0.25, 0.3) is 0 Å². The van der Waals surface area contributed by atoms with Crippen LogP contribution < -0.4 is 11.1 Å². The summed E-state index contributed by atoms with van der Waals surface area (Å²) < 4.78 is 0. The molecule has 0 aliphatic rings. The first-order valence-electron chi connectivity index (χ1n) is 7.88. The molecular weight excluding hydrogens is 296 g/mol. The van der Waals surface area contributed by atoms with E-state index in [0.29, 0.717) is 24.8 Å². The molecule has 0 radical (unpaired) electrons. The molecule has 0 heterocycles. The van der Waals surface area contributed by atoms with Crippen LogP contribution in [0.15, 0.2) is 24.3 Å². The zero-order chi connectivity index (χ0) is 16.0. The molecule has 1 amide bonds. The van der Waals surface area contributed by atoms with Gasteiger partial charge in [-0.3, -0.25) is 4.79 Å². The van der Waals surface area contributed by atoms with Gasteiger partial charge in [0, 0.05) is 13.0 Å². The standard InChI is InChI=1S/C18H30N2O.ClH/c1-13(2)16-9-6-15(7-10-16)8-11-17(21)20-18(5,12-19)14(3)4;/h6-7,9-10,13-14H,8,11-12,19H2,1-5H3,(H,20,21);1H. The van der Waals surface area contributed by atoms with Crippen LogP contribution in [0.5, 0.6) is 0 Å². The summed E-state index contributed by atoms with van der Waals surface area (Å²) in [6.45, 7) is 11.0. The largest absolute Gasteiger partial charge is 0.349 e. The number of hydrogen-bond acceptors (Lipinski definition) is 2. The third kappa shape index (κ3) is 5.98. The van der Waals surface area contributed by atoms with Crippen LogP contribution in [0.3, 0.4) is 0 Å². The fraction of sp³-hybridized carbons (Fsp3) is 0.611. The number of carbonyl (C=O) groups excluding carboxylic acids is 1. The molecule has 3 N–H and O–H groups in total. The Morgan fingerprint density at radius 2 is 1.73 bits per heavy atom. The predicted molar refractivity (Wildman–Crippen MR) is 96.5 cm³/mol. The van der Waals surface area contributed by atoms with Gasteiger partial charge < -0.3 is 11.1 Å². The highest BCUT2D eigenvalue weighted by Crippen LogP contribution is 2.17. The van der Waals surface area contributed by atoms with E-state index in [1.165, 1.54) is 11.1 Å². The Balaban J connectivity index is 0.00000441. The van der Waals surface area contributed by atoms with Gasteiger partial charge in [0.15, 0.2) is 0 Å². The Bertz CT molecular complexity index is 457. The first-order valence-corrected chi connectivity index (χ1v) is 7.88. The van der Waals surface area contributed by atoms with Crippen molar-refractivity contribution in [3.8, 4) is 0 Å². The summed E-state index contributed by atoms with van der Waals surface area (Å²) in [6, 6.07) is 8.53. The molecule has 1 aromatic carbocycles. The van der Waals surface area contributed by atoms with Gasteiger partial charge in [-0.2, -0.15) is 0 Å². The van der Waals surface area contributed by atoms with Crippen LogP contribution in [0.4, 0.5) is 0 Å². The topological polar surface area (TPSA) is 55.1 Å². The number of carbonyl (C=O) groups is 1. The highest BCUT2D eigenvalue weighted by molar-refractivity contribution is 5.85. The monoisotopic (exact) mass is 326 g/mol. The second-order valence-corrected chi connectivity index (χ2v) is 6.72. The lowest BCUT2D eigenvalue weighted by Crippen LogP contribution is -2.55. The van der Waals surface area contributed by atoms with E-state index in [1.807, 2.05) is 6.92 Å². The normalized spacial score (nSPS) is 13.6. The number of rotatable bonds is 7. The Labute approximate surface area is 141 Å². The van der Waals surface area contributed by atoms with Gasteiger partial charge in [-0.15, -0.1) is 12.4 Å². The van der Waals surface area contributed by atoms with Gasteiger partial charge in [-0.05, 0) is 36.3 Å². The smallest absolute Gasteiger partial charge is 0.220 e. The van der Waals surface area contributed by atoms with Crippen molar-refractivity contribution >= 4 is 18.3 Å². The fourth-order valence-corrected chi connectivity index (χ4v) is 2.14. The molecule has 22 heavy (non-hydrogen) atoms. The quantitative estimate of drug-likeness (QED) is 0.803. The second kappa shape index (κ2) is 9.16. The molecule has 3 nitrogen and oxygen atoms in total. The third-order valence-electron chi connectivity index (χ3n) is 4.41. The maximum atomic E-state index is 12.1. The molecule has 0 bridgehead atoms. The SMILES string of the molecule is CC(C)c1ccc(CCC(=O)NC(C)(CN)C(C)C)cc1.Cl. The van der Waals surface area contributed by atoms with Crippen LogP contribution in [0.2, 0.25) is 0 Å². The molecule has 1 atom stereocenters. The van der Waals surface area contributed by atoms with Gasteiger partial charge in [0.1, 0.15) is 0 Å². The summed E-state index contributed by atoms with van der Waals surface area (Å²) in [7, 11) is 0. The molecular formula is C18H31ClN2O. The minimum atomic E-state index is -0.321. The first kappa shape index (κ1) is 20.9. The lowest BCUT2D eigenvalue weighted by Gasteiger charge is -2.33. The van der Waals surface area contributed by atoms with E-state index in [9.17, 15) is 4.79 Å². The molecule has 0 fully saturated rings. The predicted octanol–water partition coefficient (Wildman–Crippen LogP) is 3.65. The minimum absolute atomic E-state index is 0. The van der Waals surface area contributed by atoms with Gasteiger partial charge in [0.25, 0.3) is 0 Å². The van der Waals surface area contributed by atoms with E-state index in [-0.39, 0.29) is 23.9 Å². The molecule has 126 valence electrons. The molecule has 0 saturated heterocycles. The van der Waals surface area contributed by atoms with Gasteiger partial charge in [-0.1, -0.05) is 52.0 Å². The van der Waals surface area contributed by atoms with Crippen LogP contribution in [0, 0.1) is 5.92 Å². The zero-order valence-electron chi connectivity index (χ0n) is 14.5. The number of nitrogens with two attached hydrogens (primary N) is 1. The number of amides is 1. The van der Waals surface area contributed by atoms with Crippen molar-refractivity contribution in [3.63, 3.8) is 0 Å². The summed E-state index contributed by atoms with van der Waals surface area (Å²) in [5, 5.41) is 3.08. The van der Waals surface area contributed by atoms with Crippen molar-refractivity contribution in [3.05, 3.63) is 35.4 Å². The number of benzene rings is 1. The number of hydrogen-bond donors (Lipinski definition) is 2. The zero-order valence-corrected chi connectivity index (χ0v) is 15.3. The van der Waals surface area contributed by atoms with Crippen molar-refractivity contribution in [1.82, 2.24) is 5.32 Å². The van der Waals surface area contributed by atoms with Gasteiger partial charge in [0.05, 0.1) is 5.54 Å². The van der Waals surface area contributed by atoms with Gasteiger partial charge >= 0.3 is 0 Å². The maximum Gasteiger partial charge on any atom is 0.220 e. The van der Waals surface area contributed by atoms with Crippen LogP contribution in [-0.4, -0.2) is 18.0 Å². The summed E-state index contributed by atoms with van der Waals surface area (Å²) in [6.07, 6.45) is 1.27. The average molecular weight is 327 g/mol. The molecule has 0 aromatic heterocycles. The number of halogens is 1. The Kier molecular flexibility index (Phi) is 8.72. The Hall–Kier alpha value is -1.06. The molecule has 0 aliphatic heterocycles. The minimum Gasteiger partial charge on any atom is -0.349 e. The van der Waals surface area contributed by atoms with Crippen molar-refractivity contribution in [2.75, 3.05) is 6.54 Å². The van der Waals surface area contributed by atoms with Crippen molar-refractivity contribution in [1.29, 1.82) is 0 Å². The summed E-state index contributed by atoms with van der Waals surface area (Å²) >= 11 is 0. The summed E-state index contributed by atoms with van der Waals surface area (Å²) in [5.74, 6) is 0.931. The molecule has 1 rings (SSSR count). The molecule has 1 aromatic rings. The van der Waals surface area contributed by atoms with Crippen molar-refractivity contribution < 1.29 is 4.79 Å². The molecule has 1 unspecified atom stereocenters. The lowest BCUT2D eigenvalue weighted by atomic mass is 9.88. The molecule has 0 aliphatic carbocycles. The number of aryl methyl sites for hydroxylation is 1. The summed E-state index contributed by atoms with van der Waals surface area (Å²) in [4.78, 5) is 12.1. The van der Waals surface area contributed by atoms with Gasteiger partial charge in [0.2, 0.25) is 5.91 Å². The first-order chi connectivity index (χ1) is 9.78. The second-order valence-electron chi connectivity index (χ2n) is 6.72. The Morgan fingerprint density at radius 1 is 1.18 bits per heavy atom. The maximum absolute atomic E-state index is 12.1. The highest BCUT2D eigenvalue weighted by Gasteiger charge is 2.28. The van der Waals surface area contributed by atoms with E-state index in [1.54, 1.807) is 0 Å². The van der Waals surface area contributed by atoms with Crippen molar-refractivity contribution in [2.45, 2.75) is 58.9 Å². The average Bonchev–Trinajstić information content (AvgIpc) is 2.45. The van der Waals surface area contributed by atoms with Crippen molar-refractivity contribution in [2.24, 2.45) is 11.7 Å².